The normalized spacial score (nSPS) is 21.0. The largest absolute Gasteiger partial charge is 0.355 e. The molecule has 0 aromatic heterocycles. The van der Waals surface area contributed by atoms with E-state index in [0.717, 1.165) is 6.42 Å². The van der Waals surface area contributed by atoms with Crippen molar-refractivity contribution in [2.75, 3.05) is 5.32 Å². The quantitative estimate of drug-likeness (QED) is 0.668. The third-order valence-electron chi connectivity index (χ3n) is 4.96. The minimum Gasteiger partial charge on any atom is -0.355 e. The van der Waals surface area contributed by atoms with Crippen LogP contribution in [-0.2, 0) is 11.8 Å². The van der Waals surface area contributed by atoms with Gasteiger partial charge in [-0.15, -0.1) is 0 Å². The van der Waals surface area contributed by atoms with Gasteiger partial charge in [-0.3, -0.25) is 0 Å². The van der Waals surface area contributed by atoms with Gasteiger partial charge in [0.25, 0.3) is 0 Å². The van der Waals surface area contributed by atoms with Gasteiger partial charge in [-0.25, -0.2) is 0 Å². The summed E-state index contributed by atoms with van der Waals surface area (Å²) in [5.74, 6) is 0.641. The number of fused-ring (bicyclic) bond motifs is 4. The van der Waals surface area contributed by atoms with E-state index in [-0.39, 0.29) is 6.84 Å². The zero-order valence-electron chi connectivity index (χ0n) is 12.9. The Kier molecular flexibility index (Phi) is 2.56. The van der Waals surface area contributed by atoms with Crippen molar-refractivity contribution < 1.29 is 1.43 Å². The first-order valence-corrected chi connectivity index (χ1v) is 7.78. The number of allylic oxidation sites excluding steroid dienone is 1. The van der Waals surface area contributed by atoms with Crippen LogP contribution in [0, 0.1) is 5.92 Å². The highest BCUT2D eigenvalue weighted by Gasteiger charge is 2.35. The molecule has 4 rings (SSSR count). The second-order valence-electron chi connectivity index (χ2n) is 6.90. The van der Waals surface area contributed by atoms with Crippen LogP contribution in [-0.4, -0.2) is 0 Å². The lowest BCUT2D eigenvalue weighted by molar-refractivity contribution is 0.630. The molecule has 1 nitrogen and oxygen atoms in total. The maximum Gasteiger partial charge on any atom is 0.0432 e. The van der Waals surface area contributed by atoms with Crippen molar-refractivity contribution in [3.63, 3.8) is 0 Å². The molecule has 1 unspecified atom stereocenters. The molecule has 2 aliphatic rings. The van der Waals surface area contributed by atoms with Crippen LogP contribution >= 0.6 is 0 Å². The summed E-state index contributed by atoms with van der Waals surface area (Å²) in [4.78, 5) is 0. The lowest BCUT2D eigenvalue weighted by Gasteiger charge is -2.38. The third kappa shape index (κ3) is 1.77. The molecule has 0 saturated heterocycles. The molecule has 0 spiro atoms. The van der Waals surface area contributed by atoms with Gasteiger partial charge in [0.15, 0.2) is 0 Å². The van der Waals surface area contributed by atoms with Crippen LogP contribution in [0.2, 0.25) is 0 Å². The average Bonchev–Trinajstić information content (AvgIpc) is 2.47. The third-order valence-corrected chi connectivity index (χ3v) is 4.96. The van der Waals surface area contributed by atoms with Crippen molar-refractivity contribution >= 4 is 17.5 Å². The first-order valence-electron chi connectivity index (χ1n) is 7.78. The van der Waals surface area contributed by atoms with Crippen LogP contribution in [0.4, 0.5) is 11.4 Å². The van der Waals surface area contributed by atoms with Gasteiger partial charge in [0, 0.05) is 18.2 Å². The summed E-state index contributed by atoms with van der Waals surface area (Å²) in [6, 6.07) is 13.2. The molecular weight excluding hydrogens is 254 g/mol. The lowest BCUT2D eigenvalue weighted by atomic mass is 9.70. The summed E-state index contributed by atoms with van der Waals surface area (Å²) in [6.45, 7) is 6.98. The monoisotopic (exact) mass is 277 g/mol. The molecule has 1 aliphatic heterocycles. The van der Waals surface area contributed by atoms with Crippen molar-refractivity contribution in [1.29, 1.82) is 0 Å². The summed E-state index contributed by atoms with van der Waals surface area (Å²) in [5.41, 5.74) is 8.28. The summed E-state index contributed by atoms with van der Waals surface area (Å²) in [6.07, 6.45) is 5.83. The number of hydrogen-bond acceptors (Lipinski definition) is 1. The maximum atomic E-state index is 3.62. The van der Waals surface area contributed by atoms with E-state index < -0.39 is 0 Å². The molecule has 108 valence electrons. The van der Waals surface area contributed by atoms with E-state index in [2.05, 4.69) is 74.6 Å². The highest BCUT2D eigenvalue weighted by molar-refractivity contribution is 5.81. The Hall–Kier alpha value is -2.02. The Labute approximate surface area is 128 Å². The summed E-state index contributed by atoms with van der Waals surface area (Å²) in [5, 5.41) is 3.62. The molecular formula is C20H23N. The van der Waals surface area contributed by atoms with E-state index in [1.807, 2.05) is 0 Å². The predicted molar refractivity (Wildman–Crippen MR) is 92.3 cm³/mol. The second-order valence-corrected chi connectivity index (χ2v) is 6.90. The Morgan fingerprint density at radius 3 is 2.76 bits per heavy atom. The van der Waals surface area contributed by atoms with E-state index >= 15 is 0 Å². The van der Waals surface area contributed by atoms with Gasteiger partial charge in [-0.2, -0.15) is 0 Å². The molecule has 1 atom stereocenters. The van der Waals surface area contributed by atoms with Crippen LogP contribution in [0.5, 0.6) is 0 Å². The molecule has 1 heteroatoms. The van der Waals surface area contributed by atoms with Crippen LogP contribution in [0.3, 0.4) is 0 Å². The van der Waals surface area contributed by atoms with Crippen molar-refractivity contribution in [3.05, 3.63) is 64.7 Å². The first kappa shape index (κ1) is 12.7. The fourth-order valence-corrected chi connectivity index (χ4v) is 3.90. The van der Waals surface area contributed by atoms with Crippen molar-refractivity contribution in [3.8, 4) is 0 Å². The summed E-state index contributed by atoms with van der Waals surface area (Å²) >= 11 is 0. The molecule has 1 aliphatic carbocycles. The standard InChI is InChI=1S/C20H21N.H2/c1-13-8-10-15-14(12-13)9-11-18-19(15)20(2,3)16-6-4-5-7-17(16)21-18;/h4-11,13,21H,12H2,1-3H3;1H. The number of rotatable bonds is 0. The Balaban J connectivity index is 0.00000144. The average molecular weight is 277 g/mol. The highest BCUT2D eigenvalue weighted by Crippen LogP contribution is 2.48. The first-order chi connectivity index (χ1) is 10.1. The Morgan fingerprint density at radius 1 is 1.10 bits per heavy atom. The Bertz CT molecular complexity index is 758. The molecule has 0 amide bonds. The number of para-hydroxylation sites is 1. The fraction of sp³-hybridized carbons (Fsp3) is 0.300. The van der Waals surface area contributed by atoms with E-state index in [1.54, 1.807) is 0 Å². The Morgan fingerprint density at radius 2 is 1.90 bits per heavy atom. The van der Waals surface area contributed by atoms with Crippen LogP contribution in [0.1, 0.15) is 44.5 Å². The molecule has 1 N–H and O–H groups in total. The van der Waals surface area contributed by atoms with E-state index in [9.17, 15) is 0 Å². The van der Waals surface area contributed by atoms with Crippen molar-refractivity contribution in [1.82, 2.24) is 0 Å². The molecule has 2 aromatic carbocycles. The zero-order valence-corrected chi connectivity index (χ0v) is 12.9. The van der Waals surface area contributed by atoms with Gasteiger partial charge in [-0.1, -0.05) is 57.2 Å². The van der Waals surface area contributed by atoms with E-state index in [0.29, 0.717) is 5.92 Å². The smallest absolute Gasteiger partial charge is 0.0432 e. The van der Waals surface area contributed by atoms with Gasteiger partial charge < -0.3 is 5.32 Å². The van der Waals surface area contributed by atoms with E-state index in [4.69, 9.17) is 0 Å². The van der Waals surface area contributed by atoms with Gasteiger partial charge in [0.05, 0.1) is 0 Å². The van der Waals surface area contributed by atoms with Crippen LogP contribution < -0.4 is 5.32 Å². The molecule has 1 heterocycles. The van der Waals surface area contributed by atoms with Crippen LogP contribution in [0.25, 0.3) is 6.08 Å². The lowest BCUT2D eigenvalue weighted by Crippen LogP contribution is -2.28. The maximum absolute atomic E-state index is 3.62. The van der Waals surface area contributed by atoms with Crippen molar-refractivity contribution in [2.45, 2.75) is 32.6 Å². The minimum atomic E-state index is 0. The van der Waals surface area contributed by atoms with Gasteiger partial charge in [0.1, 0.15) is 0 Å². The van der Waals surface area contributed by atoms with Gasteiger partial charge in [-0.05, 0) is 46.7 Å². The number of anilines is 2. The summed E-state index contributed by atoms with van der Waals surface area (Å²) < 4.78 is 0. The van der Waals surface area contributed by atoms with Gasteiger partial charge in [0.2, 0.25) is 0 Å². The summed E-state index contributed by atoms with van der Waals surface area (Å²) in [7, 11) is 0. The highest BCUT2D eigenvalue weighted by atomic mass is 14.9. The number of benzene rings is 2. The molecule has 0 saturated carbocycles. The predicted octanol–water partition coefficient (Wildman–Crippen LogP) is 5.52. The fourth-order valence-electron chi connectivity index (χ4n) is 3.90. The van der Waals surface area contributed by atoms with Crippen LogP contribution in [0.15, 0.2) is 42.5 Å². The second kappa shape index (κ2) is 4.24. The molecule has 2 aromatic rings. The number of nitrogens with one attached hydrogen (secondary N) is 1. The topological polar surface area (TPSA) is 12.0 Å². The SMILES string of the molecule is CC1C=Cc2c(ccc3c2C(C)(C)c2ccccc2N3)C1.[HH]. The molecule has 0 bridgehead atoms. The molecule has 0 fully saturated rings. The molecule has 21 heavy (non-hydrogen) atoms. The van der Waals surface area contributed by atoms with E-state index in [1.165, 1.54) is 33.6 Å². The molecule has 0 radical (unpaired) electrons. The van der Waals surface area contributed by atoms with Gasteiger partial charge >= 0.3 is 0 Å². The van der Waals surface area contributed by atoms with Crippen molar-refractivity contribution in [2.24, 2.45) is 5.92 Å². The number of hydrogen-bond donors (Lipinski definition) is 1. The minimum absolute atomic E-state index is 0. The zero-order chi connectivity index (χ0) is 14.6.